The number of carbonyl (C=O) groups excluding carboxylic acids is 1. The average Bonchev–Trinajstić information content (AvgIpc) is 2.84. The fourth-order valence-electron chi connectivity index (χ4n) is 3.81. The van der Waals surface area contributed by atoms with Gasteiger partial charge in [0.05, 0.1) is 5.56 Å². The van der Waals surface area contributed by atoms with Crippen molar-refractivity contribution in [1.29, 1.82) is 0 Å². The van der Waals surface area contributed by atoms with Crippen molar-refractivity contribution >= 4 is 23.3 Å². The Morgan fingerprint density at radius 1 is 0.727 bits per heavy atom. The van der Waals surface area contributed by atoms with Gasteiger partial charge in [-0.25, -0.2) is 13.6 Å². The predicted molar refractivity (Wildman–Crippen MR) is 126 cm³/mol. The second kappa shape index (κ2) is 8.68. The Hall–Kier alpha value is -3.70. The Morgan fingerprint density at radius 3 is 1.88 bits per heavy atom. The highest BCUT2D eigenvalue weighted by Gasteiger charge is 2.42. The number of hydrogen-bond acceptors (Lipinski definition) is 3. The summed E-state index contributed by atoms with van der Waals surface area (Å²) >= 11 is 1.42. The minimum atomic E-state index is -1.18. The van der Waals surface area contributed by atoms with Gasteiger partial charge in [0.1, 0.15) is 11.6 Å². The van der Waals surface area contributed by atoms with Crippen LogP contribution in [0.3, 0.4) is 0 Å². The van der Waals surface area contributed by atoms with Crippen LogP contribution in [0, 0.1) is 11.6 Å². The Balaban J connectivity index is 1.75. The molecular formula is C28H18F2O2S. The first-order chi connectivity index (χ1) is 16.0. The lowest BCUT2D eigenvalue weighted by Crippen LogP contribution is -2.31. The Kier molecular flexibility index (Phi) is 5.56. The van der Waals surface area contributed by atoms with Crippen LogP contribution >= 0.6 is 11.8 Å². The molecule has 0 saturated carbocycles. The molecule has 1 heterocycles. The molecule has 0 N–H and O–H groups in total. The quantitative estimate of drug-likeness (QED) is 0.304. The highest BCUT2D eigenvalue weighted by molar-refractivity contribution is 8.00. The van der Waals surface area contributed by atoms with E-state index in [2.05, 4.69) is 0 Å². The zero-order valence-corrected chi connectivity index (χ0v) is 18.2. The Morgan fingerprint density at radius 2 is 1.27 bits per heavy atom. The third-order valence-corrected chi connectivity index (χ3v) is 6.75. The van der Waals surface area contributed by atoms with Crippen molar-refractivity contribution in [3.05, 3.63) is 143 Å². The summed E-state index contributed by atoms with van der Waals surface area (Å²) in [6.07, 6.45) is 1.86. The van der Waals surface area contributed by atoms with Gasteiger partial charge < -0.3 is 4.74 Å². The maximum Gasteiger partial charge on any atom is 0.341 e. The number of fused-ring (bicyclic) bond motifs is 1. The van der Waals surface area contributed by atoms with Crippen LogP contribution < -0.4 is 0 Å². The predicted octanol–water partition coefficient (Wildman–Crippen LogP) is 7.21. The van der Waals surface area contributed by atoms with E-state index >= 15 is 0 Å². The van der Waals surface area contributed by atoms with E-state index in [1.807, 2.05) is 48.5 Å². The maximum atomic E-state index is 13.7. The Bertz CT molecular complexity index is 1290. The molecule has 4 aromatic rings. The maximum absolute atomic E-state index is 13.7. The largest absolute Gasteiger partial charge is 0.436 e. The number of thioether (sulfide) groups is 1. The van der Waals surface area contributed by atoms with Crippen LogP contribution in [-0.2, 0) is 9.67 Å². The van der Waals surface area contributed by atoms with Gasteiger partial charge in [0.25, 0.3) is 0 Å². The molecule has 1 aliphatic heterocycles. The van der Waals surface area contributed by atoms with E-state index in [0.717, 1.165) is 10.5 Å². The number of ether oxygens (including phenoxy) is 1. The molecule has 4 aromatic carbocycles. The van der Waals surface area contributed by atoms with E-state index in [1.54, 1.807) is 36.4 Å². The summed E-state index contributed by atoms with van der Waals surface area (Å²) in [5.74, 6) is -1.15. The van der Waals surface area contributed by atoms with Crippen LogP contribution in [-0.4, -0.2) is 5.97 Å². The normalized spacial score (nSPS) is 17.1. The van der Waals surface area contributed by atoms with Crippen LogP contribution in [0.5, 0.6) is 0 Å². The van der Waals surface area contributed by atoms with Crippen LogP contribution in [0.1, 0.15) is 27.0 Å². The molecular weight excluding hydrogens is 438 g/mol. The molecule has 0 fully saturated rings. The fourth-order valence-corrected chi connectivity index (χ4v) is 5.10. The molecule has 0 saturated heterocycles. The standard InChI is InChI=1S/C28H18F2O2S/c29-22-14-10-19(11-15-22)25(20-12-16-23(30)17-13-20)18-28(21-6-2-1-3-7-21)32-27(31)24-8-4-5-9-26(24)33-28/h1-18H/t28-/m1/s1. The van der Waals surface area contributed by atoms with Gasteiger partial charge in [-0.3, -0.25) is 0 Å². The van der Waals surface area contributed by atoms with Gasteiger partial charge in [-0.2, -0.15) is 0 Å². The van der Waals surface area contributed by atoms with Gasteiger partial charge in [0.15, 0.2) is 0 Å². The molecule has 0 bridgehead atoms. The lowest BCUT2D eigenvalue weighted by molar-refractivity contribution is 0.0291. The molecule has 0 unspecified atom stereocenters. The highest BCUT2D eigenvalue weighted by atomic mass is 32.2. The van der Waals surface area contributed by atoms with Crippen LogP contribution in [0.4, 0.5) is 8.78 Å². The van der Waals surface area contributed by atoms with Crippen molar-refractivity contribution in [2.45, 2.75) is 9.83 Å². The second-order valence-electron chi connectivity index (χ2n) is 7.59. The van der Waals surface area contributed by atoms with E-state index in [9.17, 15) is 13.6 Å². The van der Waals surface area contributed by atoms with Gasteiger partial charge in [-0.15, -0.1) is 0 Å². The minimum absolute atomic E-state index is 0.359. The van der Waals surface area contributed by atoms with Gasteiger partial charge >= 0.3 is 5.97 Å². The summed E-state index contributed by atoms with van der Waals surface area (Å²) < 4.78 is 33.5. The number of carbonyl (C=O) groups is 1. The zero-order chi connectivity index (χ0) is 22.8. The van der Waals surface area contributed by atoms with Gasteiger partial charge in [0.2, 0.25) is 4.93 Å². The van der Waals surface area contributed by atoms with Gasteiger partial charge in [-0.05, 0) is 59.2 Å². The lowest BCUT2D eigenvalue weighted by Gasteiger charge is -2.35. The molecule has 0 amide bonds. The number of rotatable bonds is 4. The first-order valence-corrected chi connectivity index (χ1v) is 11.2. The summed E-state index contributed by atoms with van der Waals surface area (Å²) in [7, 11) is 0. The fraction of sp³-hybridized carbons (Fsp3) is 0.0357. The van der Waals surface area contributed by atoms with Crippen LogP contribution in [0.25, 0.3) is 5.57 Å². The Labute approximate surface area is 194 Å². The first-order valence-electron chi connectivity index (χ1n) is 10.4. The molecule has 5 rings (SSSR count). The van der Waals surface area contributed by atoms with E-state index < -0.39 is 10.9 Å². The molecule has 0 aromatic heterocycles. The number of cyclic esters (lactones) is 1. The van der Waals surface area contributed by atoms with Gasteiger partial charge in [0, 0.05) is 10.5 Å². The number of benzene rings is 4. The SMILES string of the molecule is O=C1O[C@@](C=C(c2ccc(F)cc2)c2ccc(F)cc2)(c2ccccc2)Sc2ccccc21. The summed E-state index contributed by atoms with van der Waals surface area (Å²) in [6.45, 7) is 0. The lowest BCUT2D eigenvalue weighted by atomic mass is 9.94. The number of hydrogen-bond donors (Lipinski definition) is 0. The number of halogens is 2. The summed E-state index contributed by atoms with van der Waals surface area (Å²) in [5, 5.41) is 0. The molecule has 0 spiro atoms. The number of esters is 1. The van der Waals surface area contributed by atoms with Crippen molar-refractivity contribution in [2.75, 3.05) is 0 Å². The molecule has 0 aliphatic carbocycles. The minimum Gasteiger partial charge on any atom is -0.436 e. The van der Waals surface area contributed by atoms with E-state index in [4.69, 9.17) is 4.74 Å². The molecule has 2 nitrogen and oxygen atoms in total. The molecule has 1 atom stereocenters. The molecule has 5 heteroatoms. The first kappa shape index (κ1) is 21.2. The highest BCUT2D eigenvalue weighted by Crippen LogP contribution is 2.50. The average molecular weight is 457 g/mol. The molecule has 162 valence electrons. The van der Waals surface area contributed by atoms with Crippen molar-refractivity contribution in [3.63, 3.8) is 0 Å². The van der Waals surface area contributed by atoms with E-state index in [0.29, 0.717) is 22.3 Å². The smallest absolute Gasteiger partial charge is 0.341 e. The van der Waals surface area contributed by atoms with Crippen molar-refractivity contribution in [3.8, 4) is 0 Å². The molecule has 1 aliphatic rings. The van der Waals surface area contributed by atoms with E-state index in [1.165, 1.54) is 36.0 Å². The van der Waals surface area contributed by atoms with Crippen molar-refractivity contribution in [1.82, 2.24) is 0 Å². The van der Waals surface area contributed by atoms with Crippen molar-refractivity contribution in [2.24, 2.45) is 0 Å². The monoisotopic (exact) mass is 456 g/mol. The third kappa shape index (κ3) is 4.20. The zero-order valence-electron chi connectivity index (χ0n) is 17.4. The second-order valence-corrected chi connectivity index (χ2v) is 8.84. The van der Waals surface area contributed by atoms with Crippen LogP contribution in [0.15, 0.2) is 114 Å². The van der Waals surface area contributed by atoms with E-state index in [-0.39, 0.29) is 11.6 Å². The van der Waals surface area contributed by atoms with Crippen LogP contribution in [0.2, 0.25) is 0 Å². The molecule has 0 radical (unpaired) electrons. The third-order valence-electron chi connectivity index (χ3n) is 5.43. The molecule has 33 heavy (non-hydrogen) atoms. The summed E-state index contributed by atoms with van der Waals surface area (Å²) in [6, 6.07) is 28.9. The summed E-state index contributed by atoms with van der Waals surface area (Å²) in [5.41, 5.74) is 3.41. The summed E-state index contributed by atoms with van der Waals surface area (Å²) in [4.78, 5) is 12.7. The van der Waals surface area contributed by atoms with Crippen molar-refractivity contribution < 1.29 is 18.3 Å². The van der Waals surface area contributed by atoms with Gasteiger partial charge in [-0.1, -0.05) is 78.5 Å². The topological polar surface area (TPSA) is 26.3 Å².